The predicted octanol–water partition coefficient (Wildman–Crippen LogP) is 3.80. The number of aliphatic hydroxyl groups is 1. The molecule has 0 rings (SSSR count). The molecule has 0 unspecified atom stereocenters. The summed E-state index contributed by atoms with van der Waals surface area (Å²) in [5, 5.41) is 9.51. The van der Waals surface area contributed by atoms with Crippen LogP contribution in [0.5, 0.6) is 0 Å². The van der Waals surface area contributed by atoms with E-state index in [1.807, 2.05) is 13.8 Å². The molecular formula is C17H38O4. The Hall–Kier alpha value is -0.160. The van der Waals surface area contributed by atoms with Gasteiger partial charge < -0.3 is 19.3 Å². The smallest absolute Gasteiger partial charge is 0.101 e. The highest BCUT2D eigenvalue weighted by atomic mass is 16.5. The fourth-order valence-corrected chi connectivity index (χ4v) is 1.60. The third-order valence-corrected chi connectivity index (χ3v) is 2.81. The van der Waals surface area contributed by atoms with Crippen LogP contribution < -0.4 is 0 Å². The largest absolute Gasteiger partial charge is 0.388 e. The van der Waals surface area contributed by atoms with Crippen LogP contribution >= 0.6 is 0 Å². The third-order valence-electron chi connectivity index (χ3n) is 2.81. The number of rotatable bonds is 14. The first-order valence-electron chi connectivity index (χ1n) is 8.64. The molecule has 0 atom stereocenters. The molecule has 1 N–H and O–H groups in total. The number of unbranched alkanes of at least 4 members (excludes halogenated alkanes) is 4. The molecule has 0 amide bonds. The Kier molecular flexibility index (Phi) is 24.4. The lowest BCUT2D eigenvalue weighted by molar-refractivity contribution is -0.0200. The average Bonchev–Trinajstić information content (AvgIpc) is 2.48. The van der Waals surface area contributed by atoms with Crippen LogP contribution in [0.15, 0.2) is 0 Å². The maximum Gasteiger partial charge on any atom is 0.101 e. The second-order valence-corrected chi connectivity index (χ2v) is 5.00. The quantitative estimate of drug-likeness (QED) is 0.496. The van der Waals surface area contributed by atoms with E-state index in [1.54, 1.807) is 0 Å². The van der Waals surface area contributed by atoms with Crippen LogP contribution in [0.1, 0.15) is 66.2 Å². The zero-order valence-corrected chi connectivity index (χ0v) is 14.7. The van der Waals surface area contributed by atoms with Gasteiger partial charge >= 0.3 is 0 Å². The second kappa shape index (κ2) is 22.1. The average molecular weight is 306 g/mol. The molecule has 4 nitrogen and oxygen atoms in total. The van der Waals surface area contributed by atoms with E-state index >= 15 is 0 Å². The Labute approximate surface area is 132 Å². The van der Waals surface area contributed by atoms with Gasteiger partial charge in [0.15, 0.2) is 0 Å². The molecule has 0 bridgehead atoms. The van der Waals surface area contributed by atoms with E-state index in [2.05, 4.69) is 13.8 Å². The molecule has 0 radical (unpaired) electrons. The van der Waals surface area contributed by atoms with Gasteiger partial charge in [0.25, 0.3) is 0 Å². The van der Waals surface area contributed by atoms with Gasteiger partial charge in [-0.05, 0) is 26.7 Å². The van der Waals surface area contributed by atoms with Gasteiger partial charge in [-0.2, -0.15) is 0 Å². The lowest BCUT2D eigenvalue weighted by Crippen LogP contribution is -2.22. The van der Waals surface area contributed by atoms with Crippen molar-refractivity contribution in [3.8, 4) is 0 Å². The SMILES string of the molecule is CCCCCOCC(O)COCCCCC.CCOCC. The molecule has 0 aromatic rings. The minimum absolute atomic E-state index is 0.400. The number of hydrogen-bond donors (Lipinski definition) is 1. The highest BCUT2D eigenvalue weighted by Gasteiger charge is 2.03. The lowest BCUT2D eigenvalue weighted by atomic mass is 10.3. The van der Waals surface area contributed by atoms with Crippen molar-refractivity contribution in [2.24, 2.45) is 0 Å². The minimum Gasteiger partial charge on any atom is -0.388 e. The standard InChI is InChI=1S/C13H28O3.C4H10O/c1-3-5-7-9-15-11-13(14)12-16-10-8-6-4-2;1-3-5-4-2/h13-14H,3-12H2,1-2H3;3-4H2,1-2H3. The van der Waals surface area contributed by atoms with Crippen LogP contribution in [0.3, 0.4) is 0 Å². The highest BCUT2D eigenvalue weighted by Crippen LogP contribution is 1.97. The molecule has 0 saturated heterocycles. The van der Waals surface area contributed by atoms with Crippen LogP contribution in [0.4, 0.5) is 0 Å². The van der Waals surface area contributed by atoms with Crippen molar-refractivity contribution in [2.45, 2.75) is 72.3 Å². The number of hydrogen-bond acceptors (Lipinski definition) is 4. The summed E-state index contributed by atoms with van der Waals surface area (Å²) >= 11 is 0. The van der Waals surface area contributed by atoms with E-state index in [-0.39, 0.29) is 0 Å². The maximum atomic E-state index is 9.51. The van der Waals surface area contributed by atoms with Gasteiger partial charge in [-0.15, -0.1) is 0 Å². The van der Waals surface area contributed by atoms with E-state index in [0.29, 0.717) is 13.2 Å². The van der Waals surface area contributed by atoms with Gasteiger partial charge in [-0.25, -0.2) is 0 Å². The first-order valence-corrected chi connectivity index (χ1v) is 8.64. The van der Waals surface area contributed by atoms with Crippen LogP contribution in [0.2, 0.25) is 0 Å². The summed E-state index contributed by atoms with van der Waals surface area (Å²) in [7, 11) is 0. The van der Waals surface area contributed by atoms with Gasteiger partial charge in [-0.1, -0.05) is 39.5 Å². The lowest BCUT2D eigenvalue weighted by Gasteiger charge is -2.11. The van der Waals surface area contributed by atoms with Crippen molar-refractivity contribution in [3.63, 3.8) is 0 Å². The molecule has 0 heterocycles. The fraction of sp³-hybridized carbons (Fsp3) is 1.00. The van der Waals surface area contributed by atoms with Crippen molar-refractivity contribution in [1.82, 2.24) is 0 Å². The highest BCUT2D eigenvalue weighted by molar-refractivity contribution is 4.51. The zero-order chi connectivity index (χ0) is 16.2. The number of ether oxygens (including phenoxy) is 3. The van der Waals surface area contributed by atoms with E-state index < -0.39 is 6.10 Å². The topological polar surface area (TPSA) is 47.9 Å². The van der Waals surface area contributed by atoms with Gasteiger partial charge in [0, 0.05) is 26.4 Å². The summed E-state index contributed by atoms with van der Waals surface area (Å²) in [6.45, 7) is 12.3. The van der Waals surface area contributed by atoms with Gasteiger partial charge in [0.05, 0.1) is 13.2 Å². The zero-order valence-electron chi connectivity index (χ0n) is 14.7. The maximum absolute atomic E-state index is 9.51. The Balaban J connectivity index is 0. The molecule has 4 heteroatoms. The van der Waals surface area contributed by atoms with E-state index in [0.717, 1.165) is 39.3 Å². The Bertz CT molecular complexity index is 149. The molecule has 130 valence electrons. The van der Waals surface area contributed by atoms with Crippen molar-refractivity contribution in [1.29, 1.82) is 0 Å². The molecule has 0 saturated carbocycles. The second-order valence-electron chi connectivity index (χ2n) is 5.00. The monoisotopic (exact) mass is 306 g/mol. The van der Waals surface area contributed by atoms with Crippen molar-refractivity contribution >= 4 is 0 Å². The molecular weight excluding hydrogens is 268 g/mol. The minimum atomic E-state index is -0.469. The molecule has 0 aromatic carbocycles. The normalized spacial score (nSPS) is 10.6. The summed E-state index contributed by atoms with van der Waals surface area (Å²) in [6.07, 6.45) is 6.50. The molecule has 0 aliphatic rings. The van der Waals surface area contributed by atoms with E-state index in [9.17, 15) is 5.11 Å². The van der Waals surface area contributed by atoms with Crippen LogP contribution in [0, 0.1) is 0 Å². The Morgan fingerprint density at radius 3 is 1.38 bits per heavy atom. The molecule has 0 aliphatic heterocycles. The molecule has 21 heavy (non-hydrogen) atoms. The van der Waals surface area contributed by atoms with Crippen LogP contribution in [-0.2, 0) is 14.2 Å². The third kappa shape index (κ3) is 25.2. The van der Waals surface area contributed by atoms with Crippen molar-refractivity contribution in [2.75, 3.05) is 39.6 Å². The summed E-state index contributed by atoms with van der Waals surface area (Å²) in [6, 6.07) is 0. The summed E-state index contributed by atoms with van der Waals surface area (Å²) < 4.78 is 15.5. The summed E-state index contributed by atoms with van der Waals surface area (Å²) in [5.74, 6) is 0. The van der Waals surface area contributed by atoms with E-state index in [1.165, 1.54) is 25.7 Å². The fourth-order valence-electron chi connectivity index (χ4n) is 1.60. The Morgan fingerprint density at radius 1 is 0.667 bits per heavy atom. The molecule has 0 spiro atoms. The van der Waals surface area contributed by atoms with Crippen molar-refractivity contribution in [3.05, 3.63) is 0 Å². The van der Waals surface area contributed by atoms with Gasteiger partial charge in [-0.3, -0.25) is 0 Å². The predicted molar refractivity (Wildman–Crippen MR) is 88.9 cm³/mol. The molecule has 0 aromatic heterocycles. The van der Waals surface area contributed by atoms with E-state index in [4.69, 9.17) is 14.2 Å². The molecule has 0 fully saturated rings. The van der Waals surface area contributed by atoms with Crippen LogP contribution in [-0.4, -0.2) is 50.9 Å². The first kappa shape index (κ1) is 23.1. The van der Waals surface area contributed by atoms with Crippen LogP contribution in [0.25, 0.3) is 0 Å². The summed E-state index contributed by atoms with van der Waals surface area (Å²) in [5.41, 5.74) is 0. The molecule has 0 aliphatic carbocycles. The van der Waals surface area contributed by atoms with Crippen molar-refractivity contribution < 1.29 is 19.3 Å². The van der Waals surface area contributed by atoms with Gasteiger partial charge in [0.1, 0.15) is 6.10 Å². The first-order chi connectivity index (χ1) is 10.2. The number of aliphatic hydroxyl groups excluding tert-OH is 1. The Morgan fingerprint density at radius 2 is 1.10 bits per heavy atom. The van der Waals surface area contributed by atoms with Gasteiger partial charge in [0.2, 0.25) is 0 Å². The summed E-state index contributed by atoms with van der Waals surface area (Å²) in [4.78, 5) is 0.